The Morgan fingerprint density at radius 3 is 2.39 bits per heavy atom. The fourth-order valence-electron chi connectivity index (χ4n) is 2.87. The molecule has 0 radical (unpaired) electrons. The topological polar surface area (TPSA) is 35.6 Å². The van der Waals surface area contributed by atoms with E-state index in [4.69, 9.17) is 0 Å². The summed E-state index contributed by atoms with van der Waals surface area (Å²) in [5.41, 5.74) is -0.375. The van der Waals surface area contributed by atoms with Crippen LogP contribution in [0.15, 0.2) is 0 Å². The highest BCUT2D eigenvalue weighted by molar-refractivity contribution is 5.85. The van der Waals surface area contributed by atoms with Gasteiger partial charge in [0.1, 0.15) is 0 Å². The first-order chi connectivity index (χ1) is 8.44. The van der Waals surface area contributed by atoms with E-state index in [2.05, 4.69) is 31.0 Å². The zero-order valence-corrected chi connectivity index (χ0v) is 12.2. The van der Waals surface area contributed by atoms with Crippen LogP contribution >= 0.6 is 0 Å². The van der Waals surface area contributed by atoms with Gasteiger partial charge in [0.2, 0.25) is 5.91 Å². The quantitative estimate of drug-likeness (QED) is 0.809. The van der Waals surface area contributed by atoms with Gasteiger partial charge in [-0.1, -0.05) is 0 Å². The summed E-state index contributed by atoms with van der Waals surface area (Å²) in [6.45, 7) is 10.2. The molecular weight excluding hydrogens is 226 g/mol. The second-order valence-electron chi connectivity index (χ2n) is 6.29. The van der Waals surface area contributed by atoms with E-state index >= 15 is 0 Å². The largest absolute Gasteiger partial charge is 0.341 e. The standard InChI is InChI=1S/C14H27N3O/c1-11(12-5-6-12)16(4)13(18)14(2,3)17-9-7-15-8-10-17/h11-12,15H,5-10H2,1-4H3. The first kappa shape index (κ1) is 13.8. The van der Waals surface area contributed by atoms with E-state index in [1.54, 1.807) is 0 Å². The van der Waals surface area contributed by atoms with Crippen molar-refractivity contribution in [1.29, 1.82) is 0 Å². The van der Waals surface area contributed by atoms with Crippen molar-refractivity contribution in [1.82, 2.24) is 15.1 Å². The molecule has 4 nitrogen and oxygen atoms in total. The van der Waals surface area contributed by atoms with Crippen molar-refractivity contribution in [3.05, 3.63) is 0 Å². The number of nitrogens with zero attached hydrogens (tertiary/aromatic N) is 2. The summed E-state index contributed by atoms with van der Waals surface area (Å²) in [6.07, 6.45) is 2.57. The number of likely N-dealkylation sites (N-methyl/N-ethyl adjacent to an activating group) is 1. The van der Waals surface area contributed by atoms with Crippen LogP contribution in [0, 0.1) is 5.92 Å². The lowest BCUT2D eigenvalue weighted by atomic mass is 9.98. The van der Waals surface area contributed by atoms with Crippen LogP contribution in [0.5, 0.6) is 0 Å². The summed E-state index contributed by atoms with van der Waals surface area (Å²) in [7, 11) is 1.97. The van der Waals surface area contributed by atoms with Crippen LogP contribution in [0.1, 0.15) is 33.6 Å². The summed E-state index contributed by atoms with van der Waals surface area (Å²) in [5.74, 6) is 1.00. The zero-order valence-electron chi connectivity index (χ0n) is 12.2. The molecule has 4 heteroatoms. The Kier molecular flexibility index (Phi) is 3.97. The van der Waals surface area contributed by atoms with Gasteiger partial charge in [-0.15, -0.1) is 0 Å². The molecule has 1 heterocycles. The molecule has 2 fully saturated rings. The van der Waals surface area contributed by atoms with Gasteiger partial charge in [-0.05, 0) is 39.5 Å². The molecule has 18 heavy (non-hydrogen) atoms. The Bertz CT molecular complexity index is 306. The van der Waals surface area contributed by atoms with Gasteiger partial charge in [-0.25, -0.2) is 0 Å². The maximum absolute atomic E-state index is 12.7. The summed E-state index contributed by atoms with van der Waals surface area (Å²) in [6, 6.07) is 0.389. The van der Waals surface area contributed by atoms with Crippen LogP contribution in [-0.2, 0) is 4.79 Å². The number of amides is 1. The normalized spacial score (nSPS) is 23.8. The summed E-state index contributed by atoms with van der Waals surface area (Å²) in [4.78, 5) is 17.0. The number of piperazine rings is 1. The lowest BCUT2D eigenvalue weighted by molar-refractivity contribution is -0.144. The van der Waals surface area contributed by atoms with E-state index in [1.807, 2.05) is 11.9 Å². The van der Waals surface area contributed by atoms with Crippen molar-refractivity contribution in [2.75, 3.05) is 33.2 Å². The number of hydrogen-bond donors (Lipinski definition) is 1. The third-order valence-corrected chi connectivity index (χ3v) is 4.67. The second-order valence-corrected chi connectivity index (χ2v) is 6.29. The summed E-state index contributed by atoms with van der Waals surface area (Å²) < 4.78 is 0. The predicted molar refractivity (Wildman–Crippen MR) is 73.5 cm³/mol. The lowest BCUT2D eigenvalue weighted by Gasteiger charge is -2.43. The molecule has 1 atom stereocenters. The minimum atomic E-state index is -0.375. The molecule has 1 saturated carbocycles. The van der Waals surface area contributed by atoms with E-state index < -0.39 is 0 Å². The highest BCUT2D eigenvalue weighted by Gasteiger charge is 2.41. The molecule has 0 spiro atoms. The molecule has 0 aromatic carbocycles. The molecule has 1 saturated heterocycles. The minimum absolute atomic E-state index is 0.267. The Balaban J connectivity index is 2.00. The van der Waals surface area contributed by atoms with E-state index in [9.17, 15) is 4.79 Å². The van der Waals surface area contributed by atoms with Crippen LogP contribution in [0.25, 0.3) is 0 Å². The SMILES string of the molecule is CC(C1CC1)N(C)C(=O)C(C)(C)N1CCNCC1. The molecule has 2 aliphatic rings. The van der Waals surface area contributed by atoms with Gasteiger partial charge in [0.25, 0.3) is 0 Å². The van der Waals surface area contributed by atoms with Crippen LogP contribution in [-0.4, -0.2) is 60.5 Å². The van der Waals surface area contributed by atoms with Crippen LogP contribution in [0.4, 0.5) is 0 Å². The van der Waals surface area contributed by atoms with Crippen molar-refractivity contribution in [2.45, 2.75) is 45.2 Å². The average Bonchev–Trinajstić information content (AvgIpc) is 3.21. The highest BCUT2D eigenvalue weighted by atomic mass is 16.2. The number of carbonyl (C=O) groups excluding carboxylic acids is 1. The van der Waals surface area contributed by atoms with Crippen molar-refractivity contribution in [2.24, 2.45) is 5.92 Å². The smallest absolute Gasteiger partial charge is 0.242 e. The molecule has 2 rings (SSSR count). The molecule has 1 amide bonds. The zero-order chi connectivity index (χ0) is 13.3. The molecule has 104 valence electrons. The second kappa shape index (κ2) is 5.17. The van der Waals surface area contributed by atoms with Crippen LogP contribution in [0.2, 0.25) is 0 Å². The molecule has 0 bridgehead atoms. The van der Waals surface area contributed by atoms with Crippen molar-refractivity contribution in [3.63, 3.8) is 0 Å². The summed E-state index contributed by atoms with van der Waals surface area (Å²) in [5, 5.41) is 3.34. The molecule has 0 aromatic rings. The number of rotatable bonds is 4. The van der Waals surface area contributed by atoms with E-state index in [1.165, 1.54) is 12.8 Å². The molecule has 1 aliphatic carbocycles. The van der Waals surface area contributed by atoms with Gasteiger partial charge >= 0.3 is 0 Å². The number of nitrogens with one attached hydrogen (secondary N) is 1. The van der Waals surface area contributed by atoms with Gasteiger partial charge in [-0.3, -0.25) is 9.69 Å². The van der Waals surface area contributed by atoms with Crippen LogP contribution in [0.3, 0.4) is 0 Å². The molecule has 1 aliphatic heterocycles. The van der Waals surface area contributed by atoms with Gasteiger partial charge < -0.3 is 10.2 Å². The first-order valence-corrected chi connectivity index (χ1v) is 7.17. The van der Waals surface area contributed by atoms with Crippen LogP contribution < -0.4 is 5.32 Å². The molecule has 1 N–H and O–H groups in total. The van der Waals surface area contributed by atoms with Crippen molar-refractivity contribution < 1.29 is 4.79 Å². The van der Waals surface area contributed by atoms with Crippen molar-refractivity contribution >= 4 is 5.91 Å². The van der Waals surface area contributed by atoms with Gasteiger partial charge in [0, 0.05) is 39.3 Å². The number of hydrogen-bond acceptors (Lipinski definition) is 3. The van der Waals surface area contributed by atoms with E-state index in [-0.39, 0.29) is 11.4 Å². The Morgan fingerprint density at radius 2 is 1.89 bits per heavy atom. The maximum Gasteiger partial charge on any atom is 0.242 e. The average molecular weight is 253 g/mol. The van der Waals surface area contributed by atoms with Gasteiger partial charge in [0.05, 0.1) is 5.54 Å². The van der Waals surface area contributed by atoms with E-state index in [0.29, 0.717) is 6.04 Å². The lowest BCUT2D eigenvalue weighted by Crippen LogP contribution is -2.61. The molecule has 1 unspecified atom stereocenters. The highest BCUT2D eigenvalue weighted by Crippen LogP contribution is 2.35. The maximum atomic E-state index is 12.7. The first-order valence-electron chi connectivity index (χ1n) is 7.17. The summed E-state index contributed by atoms with van der Waals surface area (Å²) >= 11 is 0. The Labute approximate surface area is 111 Å². The van der Waals surface area contributed by atoms with Gasteiger partial charge in [0.15, 0.2) is 0 Å². The molecule has 0 aromatic heterocycles. The van der Waals surface area contributed by atoms with E-state index in [0.717, 1.165) is 32.1 Å². The Hall–Kier alpha value is -0.610. The Morgan fingerprint density at radius 1 is 1.33 bits per heavy atom. The minimum Gasteiger partial charge on any atom is -0.341 e. The van der Waals surface area contributed by atoms with Crippen molar-refractivity contribution in [3.8, 4) is 0 Å². The third kappa shape index (κ3) is 2.69. The monoisotopic (exact) mass is 253 g/mol. The molecular formula is C14H27N3O. The third-order valence-electron chi connectivity index (χ3n) is 4.67. The fourth-order valence-corrected chi connectivity index (χ4v) is 2.87. The van der Waals surface area contributed by atoms with Gasteiger partial charge in [-0.2, -0.15) is 0 Å². The fraction of sp³-hybridized carbons (Fsp3) is 0.929. The predicted octanol–water partition coefficient (Wildman–Crippen LogP) is 0.927. The number of carbonyl (C=O) groups is 1.